The fourth-order valence-electron chi connectivity index (χ4n) is 1.98. The summed E-state index contributed by atoms with van der Waals surface area (Å²) >= 11 is 0. The Hall–Kier alpha value is -0.570. The first-order chi connectivity index (χ1) is 6.59. The normalized spacial score (nSPS) is 29.9. The van der Waals surface area contributed by atoms with Crippen molar-refractivity contribution in [3.8, 4) is 0 Å². The van der Waals surface area contributed by atoms with Crippen LogP contribution in [0.25, 0.3) is 0 Å². The number of carbonyl (C=O) groups excluding carboxylic acids is 1. The Morgan fingerprint density at radius 1 is 1.43 bits per heavy atom. The zero-order valence-electron chi connectivity index (χ0n) is 9.25. The molecule has 0 saturated heterocycles. The van der Waals surface area contributed by atoms with Crippen molar-refractivity contribution in [2.45, 2.75) is 45.6 Å². The Morgan fingerprint density at radius 2 is 2.00 bits per heavy atom. The molecule has 1 unspecified atom stereocenters. The number of primary amides is 1. The van der Waals surface area contributed by atoms with Gasteiger partial charge < -0.3 is 11.1 Å². The summed E-state index contributed by atoms with van der Waals surface area (Å²) in [6.45, 7) is 5.08. The smallest absolute Gasteiger partial charge is 0.234 e. The number of amides is 1. The van der Waals surface area contributed by atoms with E-state index >= 15 is 0 Å². The van der Waals surface area contributed by atoms with Gasteiger partial charge in [-0.05, 0) is 38.1 Å². The molecule has 0 aromatic carbocycles. The highest BCUT2D eigenvalue weighted by Gasteiger charge is 2.19. The molecule has 1 aliphatic rings. The standard InChI is InChI=1S/C11H22N2O/c1-8-3-5-10(6-4-8)7-13-9(2)11(12)14/h8-10,13H,3-7H2,1-2H3,(H2,12,14). The molecule has 1 rings (SSSR count). The molecule has 1 saturated carbocycles. The Morgan fingerprint density at radius 3 is 2.50 bits per heavy atom. The van der Waals surface area contributed by atoms with Crippen LogP contribution in [0.15, 0.2) is 0 Å². The SMILES string of the molecule is CC1CCC(CNC(C)C(N)=O)CC1. The van der Waals surface area contributed by atoms with Crippen molar-refractivity contribution in [3.05, 3.63) is 0 Å². The lowest BCUT2D eigenvalue weighted by Crippen LogP contribution is -2.41. The van der Waals surface area contributed by atoms with Crippen LogP contribution in [0.5, 0.6) is 0 Å². The van der Waals surface area contributed by atoms with Gasteiger partial charge in [0.05, 0.1) is 6.04 Å². The minimum Gasteiger partial charge on any atom is -0.368 e. The lowest BCUT2D eigenvalue weighted by Gasteiger charge is -2.27. The summed E-state index contributed by atoms with van der Waals surface area (Å²) in [7, 11) is 0. The molecule has 0 heterocycles. The van der Waals surface area contributed by atoms with Gasteiger partial charge in [0.1, 0.15) is 0 Å². The molecule has 1 aliphatic carbocycles. The van der Waals surface area contributed by atoms with Crippen molar-refractivity contribution in [1.29, 1.82) is 0 Å². The molecule has 0 radical (unpaired) electrons. The van der Waals surface area contributed by atoms with Crippen LogP contribution in [0.1, 0.15) is 39.5 Å². The first-order valence-corrected chi connectivity index (χ1v) is 5.62. The summed E-state index contributed by atoms with van der Waals surface area (Å²) in [5.41, 5.74) is 5.17. The third-order valence-electron chi connectivity index (χ3n) is 3.27. The summed E-state index contributed by atoms with van der Waals surface area (Å²) in [6.07, 6.45) is 5.24. The molecule has 1 fully saturated rings. The monoisotopic (exact) mass is 198 g/mol. The van der Waals surface area contributed by atoms with Gasteiger partial charge in [-0.25, -0.2) is 0 Å². The quantitative estimate of drug-likeness (QED) is 0.715. The maximum absolute atomic E-state index is 10.8. The highest BCUT2D eigenvalue weighted by molar-refractivity contribution is 5.79. The largest absolute Gasteiger partial charge is 0.368 e. The van der Waals surface area contributed by atoms with E-state index in [4.69, 9.17) is 5.73 Å². The molecule has 0 spiro atoms. The summed E-state index contributed by atoms with van der Waals surface area (Å²) in [5, 5.41) is 3.19. The maximum Gasteiger partial charge on any atom is 0.234 e. The van der Waals surface area contributed by atoms with Crippen LogP contribution in [0.3, 0.4) is 0 Å². The molecule has 1 amide bonds. The van der Waals surface area contributed by atoms with E-state index in [0.29, 0.717) is 0 Å². The average molecular weight is 198 g/mol. The Labute approximate surface area is 86.4 Å². The van der Waals surface area contributed by atoms with E-state index in [9.17, 15) is 4.79 Å². The maximum atomic E-state index is 10.8. The summed E-state index contributed by atoms with van der Waals surface area (Å²) in [6, 6.07) is -0.186. The van der Waals surface area contributed by atoms with Crippen LogP contribution in [-0.2, 0) is 4.79 Å². The van der Waals surface area contributed by atoms with Gasteiger partial charge >= 0.3 is 0 Å². The number of nitrogens with one attached hydrogen (secondary N) is 1. The fourth-order valence-corrected chi connectivity index (χ4v) is 1.98. The van der Waals surface area contributed by atoms with E-state index in [1.807, 2.05) is 6.92 Å². The van der Waals surface area contributed by atoms with Gasteiger partial charge in [0.15, 0.2) is 0 Å². The van der Waals surface area contributed by atoms with Crippen molar-refractivity contribution in [1.82, 2.24) is 5.32 Å². The van der Waals surface area contributed by atoms with Gasteiger partial charge in [-0.15, -0.1) is 0 Å². The molecular weight excluding hydrogens is 176 g/mol. The summed E-state index contributed by atoms with van der Waals surface area (Å²) in [4.78, 5) is 10.8. The number of hydrogen-bond donors (Lipinski definition) is 2. The molecule has 82 valence electrons. The van der Waals surface area contributed by atoms with Gasteiger partial charge in [0.25, 0.3) is 0 Å². The van der Waals surface area contributed by atoms with Crippen molar-refractivity contribution in [2.24, 2.45) is 17.6 Å². The van der Waals surface area contributed by atoms with Gasteiger partial charge in [-0.3, -0.25) is 4.79 Å². The van der Waals surface area contributed by atoms with E-state index in [2.05, 4.69) is 12.2 Å². The molecule has 3 N–H and O–H groups in total. The van der Waals surface area contributed by atoms with Crippen LogP contribution in [0, 0.1) is 11.8 Å². The third-order valence-corrected chi connectivity index (χ3v) is 3.27. The zero-order valence-corrected chi connectivity index (χ0v) is 9.25. The first kappa shape index (κ1) is 11.5. The number of carbonyl (C=O) groups is 1. The third kappa shape index (κ3) is 3.66. The minimum absolute atomic E-state index is 0.186. The predicted molar refractivity (Wildman–Crippen MR) is 57.8 cm³/mol. The second-order valence-corrected chi connectivity index (χ2v) is 4.66. The van der Waals surface area contributed by atoms with Crippen molar-refractivity contribution in [3.63, 3.8) is 0 Å². The fraction of sp³-hybridized carbons (Fsp3) is 0.909. The topological polar surface area (TPSA) is 55.1 Å². The molecule has 3 nitrogen and oxygen atoms in total. The van der Waals surface area contributed by atoms with Crippen molar-refractivity contribution in [2.75, 3.05) is 6.54 Å². The zero-order chi connectivity index (χ0) is 10.6. The predicted octanol–water partition coefficient (Wildman–Crippen LogP) is 1.28. The number of rotatable bonds is 4. The van der Waals surface area contributed by atoms with Gasteiger partial charge in [0, 0.05) is 0 Å². The van der Waals surface area contributed by atoms with Crippen molar-refractivity contribution < 1.29 is 4.79 Å². The van der Waals surface area contributed by atoms with Crippen LogP contribution >= 0.6 is 0 Å². The van der Waals surface area contributed by atoms with Gasteiger partial charge in [-0.2, -0.15) is 0 Å². The van der Waals surface area contributed by atoms with Crippen LogP contribution in [0.2, 0.25) is 0 Å². The van der Waals surface area contributed by atoms with E-state index in [1.165, 1.54) is 25.7 Å². The molecule has 1 atom stereocenters. The van der Waals surface area contributed by atoms with Crippen LogP contribution in [-0.4, -0.2) is 18.5 Å². The van der Waals surface area contributed by atoms with E-state index in [0.717, 1.165) is 18.4 Å². The Balaban J connectivity index is 2.16. The Bertz CT molecular complexity index is 186. The molecular formula is C11H22N2O. The number of nitrogens with two attached hydrogens (primary N) is 1. The first-order valence-electron chi connectivity index (χ1n) is 5.62. The van der Waals surface area contributed by atoms with E-state index in [-0.39, 0.29) is 11.9 Å². The van der Waals surface area contributed by atoms with Gasteiger partial charge in [0.2, 0.25) is 5.91 Å². The highest BCUT2D eigenvalue weighted by atomic mass is 16.1. The molecule has 3 heteroatoms. The minimum atomic E-state index is -0.255. The second kappa shape index (κ2) is 5.35. The summed E-state index contributed by atoms with van der Waals surface area (Å²) < 4.78 is 0. The lowest BCUT2D eigenvalue weighted by molar-refractivity contribution is -0.119. The Kier molecular flexibility index (Phi) is 4.39. The summed E-state index contributed by atoms with van der Waals surface area (Å²) in [5.74, 6) is 1.38. The van der Waals surface area contributed by atoms with Gasteiger partial charge in [-0.1, -0.05) is 19.8 Å². The average Bonchev–Trinajstić information content (AvgIpc) is 2.16. The van der Waals surface area contributed by atoms with Crippen molar-refractivity contribution >= 4 is 5.91 Å². The molecule has 0 aromatic rings. The molecule has 0 aliphatic heterocycles. The molecule has 14 heavy (non-hydrogen) atoms. The van der Waals surface area contributed by atoms with E-state index < -0.39 is 0 Å². The van der Waals surface area contributed by atoms with E-state index in [1.54, 1.807) is 0 Å². The molecule has 0 bridgehead atoms. The van der Waals surface area contributed by atoms with Crippen LogP contribution < -0.4 is 11.1 Å². The number of hydrogen-bond acceptors (Lipinski definition) is 2. The molecule has 0 aromatic heterocycles. The van der Waals surface area contributed by atoms with Crippen LogP contribution in [0.4, 0.5) is 0 Å². The lowest BCUT2D eigenvalue weighted by atomic mass is 9.83. The highest BCUT2D eigenvalue weighted by Crippen LogP contribution is 2.27. The second-order valence-electron chi connectivity index (χ2n) is 4.66.